The van der Waals surface area contributed by atoms with Crippen LogP contribution in [0.4, 0.5) is 10.1 Å². The molecule has 1 heterocycles. The van der Waals surface area contributed by atoms with Crippen molar-refractivity contribution in [3.8, 4) is 11.6 Å². The standard InChI is InChI=1S/C17H17FN4O4/c1-11(23)19-9-15(24)20-10-16(25)22-13-4-7-17(21-8-13)26-14-5-2-12(18)3-6-14/h2-8H,9-10H2,1H3,(H,19,23)(H,20,24)(H,22,25). The number of carbonyl (C=O) groups is 3. The zero-order chi connectivity index (χ0) is 18.9. The largest absolute Gasteiger partial charge is 0.439 e. The van der Waals surface area contributed by atoms with Crippen molar-refractivity contribution in [2.24, 2.45) is 0 Å². The maximum absolute atomic E-state index is 12.8. The molecule has 1 aromatic carbocycles. The summed E-state index contributed by atoms with van der Waals surface area (Å²) < 4.78 is 18.3. The van der Waals surface area contributed by atoms with E-state index in [2.05, 4.69) is 20.9 Å². The fourth-order valence-corrected chi connectivity index (χ4v) is 1.79. The summed E-state index contributed by atoms with van der Waals surface area (Å²) in [6, 6.07) is 8.58. The van der Waals surface area contributed by atoms with Crippen LogP contribution in [-0.4, -0.2) is 35.8 Å². The number of carbonyl (C=O) groups excluding carboxylic acids is 3. The van der Waals surface area contributed by atoms with Crippen LogP contribution in [0.2, 0.25) is 0 Å². The van der Waals surface area contributed by atoms with E-state index in [9.17, 15) is 18.8 Å². The number of nitrogens with zero attached hydrogens (tertiary/aromatic N) is 1. The van der Waals surface area contributed by atoms with Gasteiger partial charge in [0.2, 0.25) is 23.6 Å². The van der Waals surface area contributed by atoms with Crippen LogP contribution in [-0.2, 0) is 14.4 Å². The summed E-state index contributed by atoms with van der Waals surface area (Å²) in [5.41, 5.74) is 0.414. The molecule has 0 aliphatic heterocycles. The second-order valence-corrected chi connectivity index (χ2v) is 5.18. The molecule has 0 unspecified atom stereocenters. The summed E-state index contributed by atoms with van der Waals surface area (Å²) in [5, 5.41) is 7.24. The minimum Gasteiger partial charge on any atom is -0.439 e. The van der Waals surface area contributed by atoms with Crippen LogP contribution < -0.4 is 20.7 Å². The number of hydrogen-bond acceptors (Lipinski definition) is 5. The molecule has 26 heavy (non-hydrogen) atoms. The molecule has 0 bridgehead atoms. The van der Waals surface area contributed by atoms with Gasteiger partial charge in [-0.2, -0.15) is 0 Å². The molecule has 0 atom stereocenters. The summed E-state index contributed by atoms with van der Waals surface area (Å²) in [6.07, 6.45) is 1.38. The van der Waals surface area contributed by atoms with Crippen molar-refractivity contribution in [3.63, 3.8) is 0 Å². The number of halogens is 1. The van der Waals surface area contributed by atoms with Gasteiger partial charge in [0.1, 0.15) is 11.6 Å². The van der Waals surface area contributed by atoms with Gasteiger partial charge < -0.3 is 20.7 Å². The van der Waals surface area contributed by atoms with Gasteiger partial charge in [0.25, 0.3) is 0 Å². The Morgan fingerprint density at radius 3 is 2.31 bits per heavy atom. The number of amides is 3. The van der Waals surface area contributed by atoms with Gasteiger partial charge >= 0.3 is 0 Å². The Bertz CT molecular complexity index is 778. The molecule has 0 aliphatic carbocycles. The average molecular weight is 360 g/mol. The highest BCUT2D eigenvalue weighted by Gasteiger charge is 2.07. The van der Waals surface area contributed by atoms with Gasteiger partial charge in [-0.15, -0.1) is 0 Å². The van der Waals surface area contributed by atoms with Crippen molar-refractivity contribution < 1.29 is 23.5 Å². The molecule has 0 radical (unpaired) electrons. The lowest BCUT2D eigenvalue weighted by Gasteiger charge is -2.08. The van der Waals surface area contributed by atoms with Gasteiger partial charge in [0.05, 0.1) is 25.0 Å². The number of ether oxygens (including phenoxy) is 1. The zero-order valence-corrected chi connectivity index (χ0v) is 13.9. The lowest BCUT2D eigenvalue weighted by molar-refractivity contribution is -0.126. The molecule has 0 aliphatic rings. The van der Waals surface area contributed by atoms with Gasteiger partial charge in [-0.3, -0.25) is 14.4 Å². The molecular weight excluding hydrogens is 343 g/mol. The average Bonchev–Trinajstić information content (AvgIpc) is 2.62. The van der Waals surface area contributed by atoms with Gasteiger partial charge in [0, 0.05) is 13.0 Å². The molecule has 8 nitrogen and oxygen atoms in total. The van der Waals surface area contributed by atoms with E-state index in [0.29, 0.717) is 11.4 Å². The second kappa shape index (κ2) is 9.11. The molecule has 0 spiro atoms. The van der Waals surface area contributed by atoms with Crippen molar-refractivity contribution in [2.75, 3.05) is 18.4 Å². The van der Waals surface area contributed by atoms with E-state index in [0.717, 1.165) is 0 Å². The number of rotatable bonds is 7. The third kappa shape index (κ3) is 6.56. The van der Waals surface area contributed by atoms with Crippen LogP contribution in [0.25, 0.3) is 0 Å². The molecule has 2 aromatic rings. The summed E-state index contributed by atoms with van der Waals surface area (Å²) in [7, 11) is 0. The summed E-state index contributed by atoms with van der Waals surface area (Å²) in [4.78, 5) is 37.8. The van der Waals surface area contributed by atoms with Crippen LogP contribution in [0.3, 0.4) is 0 Å². The Hall–Kier alpha value is -3.49. The molecule has 1 aromatic heterocycles. The predicted molar refractivity (Wildman–Crippen MR) is 91.0 cm³/mol. The molecule has 0 fully saturated rings. The van der Waals surface area contributed by atoms with Crippen molar-refractivity contribution >= 4 is 23.4 Å². The van der Waals surface area contributed by atoms with E-state index < -0.39 is 11.8 Å². The van der Waals surface area contributed by atoms with Crippen LogP contribution in [0.5, 0.6) is 11.6 Å². The highest BCUT2D eigenvalue weighted by Crippen LogP contribution is 2.20. The Labute approximate surface area is 148 Å². The third-order valence-electron chi connectivity index (χ3n) is 3.00. The van der Waals surface area contributed by atoms with E-state index in [1.165, 1.54) is 43.5 Å². The number of aromatic nitrogens is 1. The summed E-state index contributed by atoms with van der Waals surface area (Å²) in [5.74, 6) is -0.923. The predicted octanol–water partition coefficient (Wildman–Crippen LogP) is 1.20. The van der Waals surface area contributed by atoms with Crippen LogP contribution in [0, 0.1) is 5.82 Å². The van der Waals surface area contributed by atoms with Crippen LogP contribution in [0.1, 0.15) is 6.92 Å². The van der Waals surface area contributed by atoms with Gasteiger partial charge in [-0.1, -0.05) is 0 Å². The number of anilines is 1. The second-order valence-electron chi connectivity index (χ2n) is 5.18. The molecule has 3 N–H and O–H groups in total. The molecule has 0 saturated carbocycles. The molecular formula is C17H17FN4O4. The highest BCUT2D eigenvalue weighted by molar-refractivity contribution is 5.95. The minimum atomic E-state index is -0.475. The van der Waals surface area contributed by atoms with Crippen molar-refractivity contribution in [3.05, 3.63) is 48.4 Å². The van der Waals surface area contributed by atoms with E-state index >= 15 is 0 Å². The third-order valence-corrected chi connectivity index (χ3v) is 3.00. The first-order chi connectivity index (χ1) is 12.4. The highest BCUT2D eigenvalue weighted by atomic mass is 19.1. The molecule has 2 rings (SSSR count). The quantitative estimate of drug-likeness (QED) is 0.687. The van der Waals surface area contributed by atoms with Crippen LogP contribution >= 0.6 is 0 Å². The number of nitrogens with one attached hydrogen (secondary N) is 3. The number of hydrogen-bond donors (Lipinski definition) is 3. The first kappa shape index (κ1) is 18.8. The fraction of sp³-hybridized carbons (Fsp3) is 0.176. The number of pyridine rings is 1. The Kier molecular flexibility index (Phi) is 6.60. The van der Waals surface area contributed by atoms with Gasteiger partial charge in [-0.05, 0) is 30.3 Å². The summed E-state index contributed by atoms with van der Waals surface area (Å²) in [6.45, 7) is 0.849. The number of benzene rings is 1. The van der Waals surface area contributed by atoms with Crippen molar-refractivity contribution in [1.29, 1.82) is 0 Å². The molecule has 9 heteroatoms. The normalized spacial score (nSPS) is 9.92. The maximum atomic E-state index is 12.8. The first-order valence-electron chi connectivity index (χ1n) is 7.63. The maximum Gasteiger partial charge on any atom is 0.243 e. The van der Waals surface area contributed by atoms with Gasteiger partial charge in [-0.25, -0.2) is 9.37 Å². The Morgan fingerprint density at radius 2 is 1.69 bits per heavy atom. The Balaban J connectivity index is 1.79. The lowest BCUT2D eigenvalue weighted by Crippen LogP contribution is -2.39. The first-order valence-corrected chi connectivity index (χ1v) is 7.63. The smallest absolute Gasteiger partial charge is 0.243 e. The Morgan fingerprint density at radius 1 is 1.00 bits per heavy atom. The van der Waals surface area contributed by atoms with Gasteiger partial charge in [0.15, 0.2) is 0 Å². The monoisotopic (exact) mass is 360 g/mol. The zero-order valence-electron chi connectivity index (χ0n) is 13.9. The van der Waals surface area contributed by atoms with E-state index in [4.69, 9.17) is 4.74 Å². The SMILES string of the molecule is CC(=O)NCC(=O)NCC(=O)Nc1ccc(Oc2ccc(F)cc2)nc1. The minimum absolute atomic E-state index is 0.195. The van der Waals surface area contributed by atoms with Crippen molar-refractivity contribution in [1.82, 2.24) is 15.6 Å². The molecule has 136 valence electrons. The molecule has 0 saturated heterocycles. The van der Waals surface area contributed by atoms with E-state index in [-0.39, 0.29) is 30.7 Å². The topological polar surface area (TPSA) is 109 Å². The van der Waals surface area contributed by atoms with Crippen molar-refractivity contribution in [2.45, 2.75) is 6.92 Å². The fourth-order valence-electron chi connectivity index (χ4n) is 1.79. The van der Waals surface area contributed by atoms with Crippen LogP contribution in [0.15, 0.2) is 42.6 Å². The van der Waals surface area contributed by atoms with E-state index in [1.807, 2.05) is 0 Å². The van der Waals surface area contributed by atoms with E-state index in [1.54, 1.807) is 6.07 Å². The lowest BCUT2D eigenvalue weighted by atomic mass is 10.3. The molecule has 3 amide bonds. The summed E-state index contributed by atoms with van der Waals surface area (Å²) >= 11 is 0.